The van der Waals surface area contributed by atoms with Crippen LogP contribution in [0.4, 0.5) is 0 Å². The van der Waals surface area contributed by atoms with E-state index < -0.39 is 0 Å². The molecule has 1 aliphatic carbocycles. The molecule has 1 atom stereocenters. The maximum absolute atomic E-state index is 11.3. The Morgan fingerprint density at radius 1 is 1.44 bits per heavy atom. The van der Waals surface area contributed by atoms with Gasteiger partial charge < -0.3 is 15.8 Å². The standard InChI is InChI=1S/C12H22N2O2/c13-8-9-14-12(15)10-16-11-6-4-2-1-3-5-7-11/h4,6,11H,1-3,5,7-10,13H2,(H,14,15)/b6-4+. The molecule has 4 heteroatoms. The first-order valence-corrected chi connectivity index (χ1v) is 6.08. The molecule has 0 spiro atoms. The number of nitrogens with two attached hydrogens (primary N) is 1. The van der Waals surface area contributed by atoms with Crippen molar-refractivity contribution in [3.8, 4) is 0 Å². The van der Waals surface area contributed by atoms with Crippen molar-refractivity contribution in [3.63, 3.8) is 0 Å². The average Bonchev–Trinajstić information content (AvgIpc) is 2.25. The minimum absolute atomic E-state index is 0.0825. The van der Waals surface area contributed by atoms with Gasteiger partial charge in [0.2, 0.25) is 5.91 Å². The van der Waals surface area contributed by atoms with E-state index in [4.69, 9.17) is 10.5 Å². The topological polar surface area (TPSA) is 64.3 Å². The van der Waals surface area contributed by atoms with Crippen LogP contribution in [-0.4, -0.2) is 31.7 Å². The highest BCUT2D eigenvalue weighted by Crippen LogP contribution is 2.13. The number of rotatable bonds is 5. The predicted octanol–water partition coefficient (Wildman–Crippen LogP) is 0.967. The van der Waals surface area contributed by atoms with Crippen molar-refractivity contribution >= 4 is 5.91 Å². The summed E-state index contributed by atoms with van der Waals surface area (Å²) in [7, 11) is 0. The molecule has 0 aliphatic heterocycles. The Balaban J connectivity index is 2.19. The van der Waals surface area contributed by atoms with Crippen LogP contribution in [0, 0.1) is 0 Å². The van der Waals surface area contributed by atoms with Crippen LogP contribution in [0.2, 0.25) is 0 Å². The van der Waals surface area contributed by atoms with Crippen molar-refractivity contribution in [1.29, 1.82) is 0 Å². The summed E-state index contributed by atoms with van der Waals surface area (Å²) in [5, 5.41) is 2.69. The van der Waals surface area contributed by atoms with Gasteiger partial charge in [0.1, 0.15) is 6.61 Å². The first-order valence-electron chi connectivity index (χ1n) is 6.08. The number of ether oxygens (including phenoxy) is 1. The molecule has 1 aliphatic rings. The molecule has 1 unspecified atom stereocenters. The van der Waals surface area contributed by atoms with E-state index in [2.05, 4.69) is 17.5 Å². The monoisotopic (exact) mass is 226 g/mol. The normalized spacial score (nSPS) is 23.2. The number of amides is 1. The van der Waals surface area contributed by atoms with Gasteiger partial charge in [-0.05, 0) is 19.3 Å². The third-order valence-corrected chi connectivity index (χ3v) is 2.61. The van der Waals surface area contributed by atoms with Gasteiger partial charge in [-0.15, -0.1) is 0 Å². The summed E-state index contributed by atoms with van der Waals surface area (Å²) in [5.41, 5.74) is 5.29. The van der Waals surface area contributed by atoms with Gasteiger partial charge in [0.15, 0.2) is 0 Å². The minimum Gasteiger partial charge on any atom is -0.364 e. The Morgan fingerprint density at radius 2 is 2.31 bits per heavy atom. The summed E-state index contributed by atoms with van der Waals surface area (Å²) >= 11 is 0. The molecule has 3 N–H and O–H groups in total. The van der Waals surface area contributed by atoms with E-state index in [-0.39, 0.29) is 18.6 Å². The van der Waals surface area contributed by atoms with E-state index in [1.54, 1.807) is 0 Å². The Labute approximate surface area is 97.2 Å². The number of allylic oxidation sites excluding steroid dienone is 1. The Hall–Kier alpha value is -0.870. The molecular weight excluding hydrogens is 204 g/mol. The molecule has 4 nitrogen and oxygen atoms in total. The van der Waals surface area contributed by atoms with Crippen LogP contribution in [0.15, 0.2) is 12.2 Å². The van der Waals surface area contributed by atoms with Crippen LogP contribution >= 0.6 is 0 Å². The quantitative estimate of drug-likeness (QED) is 0.686. The molecule has 1 rings (SSSR count). The first-order chi connectivity index (χ1) is 7.83. The number of carbonyl (C=O) groups excluding carboxylic acids is 1. The molecule has 0 aromatic rings. The smallest absolute Gasteiger partial charge is 0.246 e. The molecule has 0 saturated heterocycles. The fraction of sp³-hybridized carbons (Fsp3) is 0.750. The molecule has 0 aromatic heterocycles. The second-order valence-electron chi connectivity index (χ2n) is 4.05. The van der Waals surface area contributed by atoms with Crippen LogP contribution in [0.3, 0.4) is 0 Å². The lowest BCUT2D eigenvalue weighted by Crippen LogP contribution is -2.33. The van der Waals surface area contributed by atoms with E-state index in [1.165, 1.54) is 19.3 Å². The summed E-state index contributed by atoms with van der Waals surface area (Å²) in [6.07, 6.45) is 10.2. The van der Waals surface area contributed by atoms with Crippen molar-refractivity contribution in [3.05, 3.63) is 12.2 Å². The number of nitrogens with one attached hydrogen (secondary N) is 1. The van der Waals surface area contributed by atoms with Crippen LogP contribution in [-0.2, 0) is 9.53 Å². The summed E-state index contributed by atoms with van der Waals surface area (Å²) in [5.74, 6) is -0.0825. The molecule has 0 saturated carbocycles. The molecule has 0 radical (unpaired) electrons. The van der Waals surface area contributed by atoms with Crippen LogP contribution in [0.1, 0.15) is 32.1 Å². The van der Waals surface area contributed by atoms with Gasteiger partial charge in [-0.2, -0.15) is 0 Å². The summed E-state index contributed by atoms with van der Waals surface area (Å²) < 4.78 is 5.54. The first kappa shape index (κ1) is 13.2. The van der Waals surface area contributed by atoms with Gasteiger partial charge in [-0.25, -0.2) is 0 Å². The van der Waals surface area contributed by atoms with E-state index in [9.17, 15) is 4.79 Å². The predicted molar refractivity (Wildman–Crippen MR) is 64.0 cm³/mol. The van der Waals surface area contributed by atoms with E-state index in [1.807, 2.05) is 0 Å². The van der Waals surface area contributed by atoms with Gasteiger partial charge in [-0.1, -0.05) is 25.0 Å². The highest BCUT2D eigenvalue weighted by atomic mass is 16.5. The molecule has 92 valence electrons. The zero-order valence-electron chi connectivity index (χ0n) is 9.78. The highest BCUT2D eigenvalue weighted by Gasteiger charge is 2.09. The van der Waals surface area contributed by atoms with Gasteiger partial charge in [-0.3, -0.25) is 4.79 Å². The molecule has 0 heterocycles. The molecule has 0 aromatic carbocycles. The van der Waals surface area contributed by atoms with Crippen molar-refractivity contribution in [2.24, 2.45) is 5.73 Å². The molecular formula is C12H22N2O2. The van der Waals surface area contributed by atoms with Crippen molar-refractivity contribution in [2.75, 3.05) is 19.7 Å². The van der Waals surface area contributed by atoms with Gasteiger partial charge in [0, 0.05) is 13.1 Å². The molecule has 0 bridgehead atoms. The largest absolute Gasteiger partial charge is 0.364 e. The lowest BCUT2D eigenvalue weighted by atomic mass is 10.0. The number of hydrogen-bond acceptors (Lipinski definition) is 3. The second kappa shape index (κ2) is 8.30. The lowest BCUT2D eigenvalue weighted by Gasteiger charge is -2.15. The Morgan fingerprint density at radius 3 is 3.12 bits per heavy atom. The average molecular weight is 226 g/mol. The third kappa shape index (κ3) is 5.88. The van der Waals surface area contributed by atoms with Gasteiger partial charge >= 0.3 is 0 Å². The van der Waals surface area contributed by atoms with E-state index in [0.29, 0.717) is 13.1 Å². The maximum atomic E-state index is 11.3. The third-order valence-electron chi connectivity index (χ3n) is 2.61. The fourth-order valence-corrected chi connectivity index (χ4v) is 1.71. The van der Waals surface area contributed by atoms with Crippen LogP contribution < -0.4 is 11.1 Å². The zero-order valence-corrected chi connectivity index (χ0v) is 9.78. The minimum atomic E-state index is -0.0825. The number of hydrogen-bond donors (Lipinski definition) is 2. The van der Waals surface area contributed by atoms with Gasteiger partial charge in [0.05, 0.1) is 6.10 Å². The molecule has 16 heavy (non-hydrogen) atoms. The maximum Gasteiger partial charge on any atom is 0.246 e. The Kier molecular flexibility index (Phi) is 6.85. The summed E-state index contributed by atoms with van der Waals surface area (Å²) in [6, 6.07) is 0. The number of carbonyl (C=O) groups is 1. The zero-order chi connectivity index (χ0) is 11.6. The van der Waals surface area contributed by atoms with E-state index >= 15 is 0 Å². The van der Waals surface area contributed by atoms with Crippen molar-refractivity contribution in [2.45, 2.75) is 38.2 Å². The molecule has 1 amide bonds. The van der Waals surface area contributed by atoms with Crippen molar-refractivity contribution < 1.29 is 9.53 Å². The van der Waals surface area contributed by atoms with E-state index in [0.717, 1.165) is 12.8 Å². The van der Waals surface area contributed by atoms with Crippen LogP contribution in [0.25, 0.3) is 0 Å². The second-order valence-corrected chi connectivity index (χ2v) is 4.05. The molecule has 0 fully saturated rings. The Bertz CT molecular complexity index is 229. The van der Waals surface area contributed by atoms with Crippen LogP contribution in [0.5, 0.6) is 0 Å². The highest BCUT2D eigenvalue weighted by molar-refractivity contribution is 5.77. The fourth-order valence-electron chi connectivity index (χ4n) is 1.71. The summed E-state index contributed by atoms with van der Waals surface area (Å²) in [4.78, 5) is 11.3. The summed E-state index contributed by atoms with van der Waals surface area (Å²) in [6.45, 7) is 1.12. The SMILES string of the molecule is NCCNC(=O)COC1/C=C/CCCCC1. The van der Waals surface area contributed by atoms with Crippen molar-refractivity contribution in [1.82, 2.24) is 5.32 Å². The lowest BCUT2D eigenvalue weighted by molar-refractivity contribution is -0.126. The van der Waals surface area contributed by atoms with Gasteiger partial charge in [0.25, 0.3) is 0 Å².